The van der Waals surface area contributed by atoms with Gasteiger partial charge in [0.05, 0.1) is 0 Å². The van der Waals surface area contributed by atoms with Crippen molar-refractivity contribution in [2.45, 2.75) is 57.0 Å². The van der Waals surface area contributed by atoms with E-state index in [1.54, 1.807) is 29.7 Å². The van der Waals surface area contributed by atoms with Crippen LogP contribution in [0, 0.1) is 0 Å². The van der Waals surface area contributed by atoms with E-state index in [9.17, 15) is 9.59 Å². The van der Waals surface area contributed by atoms with Crippen LogP contribution < -0.4 is 5.32 Å². The molecule has 0 spiro atoms. The smallest absolute Gasteiger partial charge is 0.242 e. The molecule has 0 saturated carbocycles. The monoisotopic (exact) mass is 480 g/mol. The Morgan fingerprint density at radius 1 is 1.06 bits per heavy atom. The van der Waals surface area contributed by atoms with Gasteiger partial charge in [0.15, 0.2) is 0 Å². The largest absolute Gasteiger partial charge is 0.354 e. The van der Waals surface area contributed by atoms with Crippen molar-refractivity contribution in [2.24, 2.45) is 0 Å². The molecule has 0 saturated heterocycles. The minimum absolute atomic E-state index is 0.0326. The third kappa shape index (κ3) is 9.14. The number of benzene rings is 2. The fraction of sp³-hybridized carbons (Fsp3) is 0.417. The Labute approximate surface area is 199 Å². The van der Waals surface area contributed by atoms with Crippen molar-refractivity contribution < 1.29 is 9.59 Å². The van der Waals surface area contributed by atoms with E-state index in [-0.39, 0.29) is 11.8 Å². The Morgan fingerprint density at radius 3 is 2.48 bits per heavy atom. The molecule has 168 valence electrons. The number of amides is 2. The lowest BCUT2D eigenvalue weighted by molar-refractivity contribution is -0.140. The summed E-state index contributed by atoms with van der Waals surface area (Å²) in [5.41, 5.74) is 0.907. The molecule has 1 atom stereocenters. The van der Waals surface area contributed by atoms with Crippen molar-refractivity contribution in [1.82, 2.24) is 10.2 Å². The van der Waals surface area contributed by atoms with Crippen LogP contribution in [-0.4, -0.2) is 35.1 Å². The lowest BCUT2D eigenvalue weighted by Crippen LogP contribution is -2.47. The van der Waals surface area contributed by atoms with Crippen molar-refractivity contribution in [3.8, 4) is 0 Å². The molecule has 1 N–H and O–H groups in total. The molecular formula is C24H30Cl2N2O2S. The molecule has 2 aromatic rings. The van der Waals surface area contributed by atoms with Gasteiger partial charge in [0, 0.05) is 34.5 Å². The number of hydrogen-bond acceptors (Lipinski definition) is 3. The second-order valence-corrected chi connectivity index (χ2v) is 9.42. The van der Waals surface area contributed by atoms with Crippen LogP contribution in [0.3, 0.4) is 0 Å². The molecular weight excluding hydrogens is 451 g/mol. The van der Waals surface area contributed by atoms with Crippen LogP contribution in [0.5, 0.6) is 0 Å². The highest BCUT2D eigenvalue weighted by molar-refractivity contribution is 7.99. The van der Waals surface area contributed by atoms with Crippen LogP contribution in [0.15, 0.2) is 53.4 Å². The van der Waals surface area contributed by atoms with E-state index in [0.717, 1.165) is 35.5 Å². The number of rotatable bonds is 12. The molecule has 0 aliphatic heterocycles. The van der Waals surface area contributed by atoms with E-state index in [0.29, 0.717) is 29.6 Å². The predicted molar refractivity (Wildman–Crippen MR) is 131 cm³/mol. The number of nitrogens with one attached hydrogen (secondary N) is 1. The Bertz CT molecular complexity index is 846. The first-order valence-corrected chi connectivity index (χ1v) is 12.3. The maximum atomic E-state index is 13.1. The number of carbonyl (C=O) groups excluding carboxylic acids is 2. The van der Waals surface area contributed by atoms with Crippen LogP contribution in [0.4, 0.5) is 0 Å². The molecule has 2 amide bonds. The molecule has 7 heteroatoms. The van der Waals surface area contributed by atoms with Crippen LogP contribution in [0.2, 0.25) is 10.0 Å². The lowest BCUT2D eigenvalue weighted by atomic mass is 10.1. The summed E-state index contributed by atoms with van der Waals surface area (Å²) in [4.78, 5) is 28.4. The van der Waals surface area contributed by atoms with Crippen LogP contribution in [0.25, 0.3) is 0 Å². The third-order valence-electron chi connectivity index (χ3n) is 4.86. The summed E-state index contributed by atoms with van der Waals surface area (Å²) in [6.07, 6.45) is 3.03. The molecule has 0 heterocycles. The van der Waals surface area contributed by atoms with E-state index < -0.39 is 6.04 Å². The highest BCUT2D eigenvalue weighted by Gasteiger charge is 2.25. The van der Waals surface area contributed by atoms with Crippen molar-refractivity contribution in [1.29, 1.82) is 0 Å². The average molecular weight is 481 g/mol. The summed E-state index contributed by atoms with van der Waals surface area (Å²) in [5.74, 6) is 0.657. The summed E-state index contributed by atoms with van der Waals surface area (Å²) in [5, 5.41) is 4.26. The molecule has 0 aliphatic rings. The molecule has 31 heavy (non-hydrogen) atoms. The molecule has 2 rings (SSSR count). The molecule has 0 unspecified atom stereocenters. The summed E-state index contributed by atoms with van der Waals surface area (Å²) in [6, 6.07) is 14.5. The van der Waals surface area contributed by atoms with Crippen molar-refractivity contribution in [2.75, 3.05) is 12.3 Å². The standard InChI is InChI=1S/C24H30Cl2N2O2S/c1-3-4-14-27-24(30)18(2)28(17-19-7-5-8-21(26)16-19)23(29)9-6-15-31-22-12-10-20(25)11-13-22/h5,7-8,10-13,16,18H,3-4,6,9,14-15,17H2,1-2H3,(H,27,30)/t18-/m1/s1. The third-order valence-corrected chi connectivity index (χ3v) is 6.44. The van der Waals surface area contributed by atoms with Gasteiger partial charge in [-0.25, -0.2) is 0 Å². The van der Waals surface area contributed by atoms with Crippen molar-refractivity contribution >= 4 is 46.8 Å². The molecule has 4 nitrogen and oxygen atoms in total. The summed E-state index contributed by atoms with van der Waals surface area (Å²) >= 11 is 13.7. The van der Waals surface area contributed by atoms with Crippen LogP contribution >= 0.6 is 35.0 Å². The average Bonchev–Trinajstić information content (AvgIpc) is 2.76. The van der Waals surface area contributed by atoms with Gasteiger partial charge >= 0.3 is 0 Å². The van der Waals surface area contributed by atoms with Gasteiger partial charge in [-0.2, -0.15) is 0 Å². The first-order chi connectivity index (χ1) is 14.9. The van der Waals surface area contributed by atoms with Gasteiger partial charge in [-0.1, -0.05) is 48.7 Å². The molecule has 0 bridgehead atoms. The van der Waals surface area contributed by atoms with Crippen LogP contribution in [0.1, 0.15) is 45.1 Å². The number of hydrogen-bond donors (Lipinski definition) is 1. The second-order valence-electron chi connectivity index (χ2n) is 7.38. The Morgan fingerprint density at radius 2 is 1.81 bits per heavy atom. The quantitative estimate of drug-likeness (QED) is 0.290. The molecule has 0 fully saturated rings. The van der Waals surface area contributed by atoms with E-state index in [4.69, 9.17) is 23.2 Å². The van der Waals surface area contributed by atoms with E-state index in [1.165, 1.54) is 0 Å². The summed E-state index contributed by atoms with van der Waals surface area (Å²) in [6.45, 7) is 4.83. The Balaban J connectivity index is 1.97. The van der Waals surface area contributed by atoms with Crippen LogP contribution in [-0.2, 0) is 16.1 Å². The summed E-state index contributed by atoms with van der Waals surface area (Å²) in [7, 11) is 0. The topological polar surface area (TPSA) is 49.4 Å². The normalized spacial score (nSPS) is 11.7. The lowest BCUT2D eigenvalue weighted by Gasteiger charge is -2.29. The number of carbonyl (C=O) groups is 2. The minimum atomic E-state index is -0.549. The highest BCUT2D eigenvalue weighted by atomic mass is 35.5. The molecule has 0 radical (unpaired) electrons. The first-order valence-electron chi connectivity index (χ1n) is 10.6. The summed E-state index contributed by atoms with van der Waals surface area (Å²) < 4.78 is 0. The molecule has 0 aromatic heterocycles. The Hall–Kier alpha value is -1.69. The second kappa shape index (κ2) is 13.7. The van der Waals surface area contributed by atoms with Gasteiger partial charge in [0.25, 0.3) is 0 Å². The number of unbranched alkanes of at least 4 members (excludes halogenated alkanes) is 1. The highest BCUT2D eigenvalue weighted by Crippen LogP contribution is 2.22. The zero-order valence-corrected chi connectivity index (χ0v) is 20.4. The van der Waals surface area contributed by atoms with Gasteiger partial charge in [-0.05, 0) is 67.5 Å². The molecule has 2 aromatic carbocycles. The fourth-order valence-corrected chi connectivity index (χ4v) is 4.23. The molecule has 0 aliphatic carbocycles. The zero-order chi connectivity index (χ0) is 22.6. The SMILES string of the molecule is CCCCNC(=O)[C@@H](C)N(Cc1cccc(Cl)c1)C(=O)CCCSc1ccc(Cl)cc1. The van der Waals surface area contributed by atoms with Crippen molar-refractivity contribution in [3.05, 3.63) is 64.1 Å². The van der Waals surface area contributed by atoms with E-state index in [1.807, 2.05) is 42.5 Å². The van der Waals surface area contributed by atoms with E-state index in [2.05, 4.69) is 12.2 Å². The maximum absolute atomic E-state index is 13.1. The maximum Gasteiger partial charge on any atom is 0.242 e. The van der Waals surface area contributed by atoms with Gasteiger partial charge in [0.1, 0.15) is 6.04 Å². The predicted octanol–water partition coefficient (Wildman–Crippen LogP) is 6.20. The number of halogens is 2. The number of nitrogens with zero attached hydrogens (tertiary/aromatic N) is 1. The zero-order valence-electron chi connectivity index (χ0n) is 18.1. The van der Waals surface area contributed by atoms with Gasteiger partial charge in [0.2, 0.25) is 11.8 Å². The Kier molecular flexibility index (Phi) is 11.3. The minimum Gasteiger partial charge on any atom is -0.354 e. The van der Waals surface area contributed by atoms with Crippen molar-refractivity contribution in [3.63, 3.8) is 0 Å². The first kappa shape index (κ1) is 25.6. The fourth-order valence-electron chi connectivity index (χ4n) is 3.04. The van der Waals surface area contributed by atoms with Gasteiger partial charge in [-0.3, -0.25) is 9.59 Å². The number of thioether (sulfide) groups is 1. The van der Waals surface area contributed by atoms with Gasteiger partial charge in [-0.15, -0.1) is 11.8 Å². The van der Waals surface area contributed by atoms with Gasteiger partial charge < -0.3 is 10.2 Å². The van der Waals surface area contributed by atoms with E-state index >= 15 is 0 Å².